The summed E-state index contributed by atoms with van der Waals surface area (Å²) >= 11 is 0. The van der Waals surface area contributed by atoms with Gasteiger partial charge in [0.1, 0.15) is 28.9 Å². The SMILES string of the molecule is CC(C)(C)OC(=O)N[C@H]1CCCCC/C=C\[C@@H]2C[C@@]2(C(=O)O)NC(=O)[C@@H]2C[C@@H](n3nnnc3-c3ccccn3)CN2C1=O. The van der Waals surface area contributed by atoms with Crippen LogP contribution < -0.4 is 10.6 Å². The van der Waals surface area contributed by atoms with Crippen molar-refractivity contribution in [1.82, 2.24) is 40.7 Å². The van der Waals surface area contributed by atoms with Crippen LogP contribution >= 0.6 is 0 Å². The van der Waals surface area contributed by atoms with E-state index in [9.17, 15) is 24.3 Å². The molecular formula is C29H38N8O6. The molecule has 1 saturated carbocycles. The quantitative estimate of drug-likeness (QED) is 0.444. The second-order valence-corrected chi connectivity index (χ2v) is 12.4. The van der Waals surface area contributed by atoms with Gasteiger partial charge in [-0.05, 0) is 69.0 Å². The molecule has 2 aromatic rings. The normalized spacial score (nSPS) is 28.9. The number of carboxylic acids is 1. The number of allylic oxidation sites excluding steroid dienone is 1. The molecule has 230 valence electrons. The van der Waals surface area contributed by atoms with Crippen molar-refractivity contribution >= 4 is 23.9 Å². The van der Waals surface area contributed by atoms with Crippen LogP contribution in [0.1, 0.15) is 71.8 Å². The smallest absolute Gasteiger partial charge is 0.408 e. The summed E-state index contributed by atoms with van der Waals surface area (Å²) in [5, 5.41) is 27.7. The van der Waals surface area contributed by atoms with Crippen molar-refractivity contribution in [3.05, 3.63) is 36.5 Å². The molecule has 3 amide bonds. The molecule has 0 bridgehead atoms. The highest BCUT2D eigenvalue weighted by Gasteiger charge is 2.61. The second-order valence-electron chi connectivity index (χ2n) is 12.4. The van der Waals surface area contributed by atoms with E-state index in [0.29, 0.717) is 24.4 Å². The minimum absolute atomic E-state index is 0.0672. The summed E-state index contributed by atoms with van der Waals surface area (Å²) < 4.78 is 6.98. The van der Waals surface area contributed by atoms with Crippen molar-refractivity contribution in [2.75, 3.05) is 6.54 Å². The number of nitrogens with zero attached hydrogens (tertiary/aromatic N) is 6. The van der Waals surface area contributed by atoms with E-state index in [1.54, 1.807) is 49.8 Å². The third-order valence-corrected chi connectivity index (χ3v) is 8.06. The number of carboxylic acid groups (broad SMARTS) is 1. The van der Waals surface area contributed by atoms with Crippen molar-refractivity contribution in [1.29, 1.82) is 0 Å². The molecule has 0 aromatic carbocycles. The van der Waals surface area contributed by atoms with Gasteiger partial charge in [0.25, 0.3) is 0 Å². The Bertz CT molecular complexity index is 1390. The fourth-order valence-corrected chi connectivity index (χ4v) is 5.81. The molecule has 2 fully saturated rings. The van der Waals surface area contributed by atoms with Gasteiger partial charge in [0.05, 0.1) is 6.04 Å². The first kappa shape index (κ1) is 30.1. The Morgan fingerprint density at radius 3 is 2.72 bits per heavy atom. The minimum atomic E-state index is -1.43. The summed E-state index contributed by atoms with van der Waals surface area (Å²) in [6.07, 6.45) is 8.52. The maximum Gasteiger partial charge on any atom is 0.408 e. The lowest BCUT2D eigenvalue weighted by atomic mass is 10.0. The van der Waals surface area contributed by atoms with Gasteiger partial charge in [-0.1, -0.05) is 31.1 Å². The Hall–Kier alpha value is -4.36. The van der Waals surface area contributed by atoms with Crippen LogP contribution in [0.15, 0.2) is 36.5 Å². The highest BCUT2D eigenvalue weighted by Crippen LogP contribution is 2.45. The topological polar surface area (TPSA) is 182 Å². The van der Waals surface area contributed by atoms with Crippen molar-refractivity contribution < 1.29 is 29.0 Å². The van der Waals surface area contributed by atoms with E-state index in [4.69, 9.17) is 4.74 Å². The number of carbonyl (C=O) groups excluding carboxylic acids is 3. The fourth-order valence-electron chi connectivity index (χ4n) is 5.81. The second kappa shape index (κ2) is 12.1. The van der Waals surface area contributed by atoms with Gasteiger partial charge in [0, 0.05) is 25.1 Å². The number of pyridine rings is 1. The summed E-state index contributed by atoms with van der Waals surface area (Å²) in [5.41, 5.74) is -1.67. The van der Waals surface area contributed by atoms with Crippen LogP contribution in [-0.4, -0.2) is 88.8 Å². The highest BCUT2D eigenvalue weighted by atomic mass is 16.6. The number of aliphatic carboxylic acids is 1. The number of fused-ring (bicyclic) bond motifs is 2. The van der Waals surface area contributed by atoms with E-state index in [0.717, 1.165) is 19.3 Å². The van der Waals surface area contributed by atoms with Crippen LogP contribution in [0.2, 0.25) is 0 Å². The van der Waals surface area contributed by atoms with Crippen molar-refractivity contribution in [2.24, 2.45) is 5.92 Å². The maximum atomic E-state index is 14.2. The number of aromatic nitrogens is 5. The van der Waals surface area contributed by atoms with Crippen LogP contribution in [0.25, 0.3) is 11.5 Å². The number of ether oxygens (including phenoxy) is 1. The van der Waals surface area contributed by atoms with E-state index in [-0.39, 0.29) is 25.3 Å². The highest BCUT2D eigenvalue weighted by molar-refractivity contribution is 5.96. The van der Waals surface area contributed by atoms with Gasteiger partial charge in [0.2, 0.25) is 17.6 Å². The average molecular weight is 595 g/mol. The molecule has 14 heteroatoms. The predicted octanol–water partition coefficient (Wildman–Crippen LogP) is 2.25. The summed E-state index contributed by atoms with van der Waals surface area (Å²) in [4.78, 5) is 58.8. The number of hydrogen-bond acceptors (Lipinski definition) is 9. The van der Waals surface area contributed by atoms with Gasteiger partial charge in [-0.15, -0.1) is 5.10 Å². The van der Waals surface area contributed by atoms with Gasteiger partial charge >= 0.3 is 12.1 Å². The maximum absolute atomic E-state index is 14.2. The molecule has 3 aliphatic rings. The molecule has 5 atom stereocenters. The molecule has 2 aliphatic heterocycles. The molecular weight excluding hydrogens is 556 g/mol. The van der Waals surface area contributed by atoms with Crippen molar-refractivity contribution in [3.8, 4) is 11.5 Å². The van der Waals surface area contributed by atoms with E-state index >= 15 is 0 Å². The summed E-state index contributed by atoms with van der Waals surface area (Å²) in [6, 6.07) is 2.85. The molecule has 1 saturated heterocycles. The van der Waals surface area contributed by atoms with Crippen molar-refractivity contribution in [2.45, 2.75) is 95.0 Å². The van der Waals surface area contributed by atoms with Gasteiger partial charge < -0.3 is 25.4 Å². The molecule has 1 aliphatic carbocycles. The molecule has 43 heavy (non-hydrogen) atoms. The monoisotopic (exact) mass is 594 g/mol. The largest absolute Gasteiger partial charge is 0.479 e. The molecule has 14 nitrogen and oxygen atoms in total. The lowest BCUT2D eigenvalue weighted by molar-refractivity contribution is -0.145. The predicted molar refractivity (Wildman–Crippen MR) is 152 cm³/mol. The molecule has 3 N–H and O–H groups in total. The van der Waals surface area contributed by atoms with Crippen LogP contribution in [0.5, 0.6) is 0 Å². The number of nitrogens with one attached hydrogen (secondary N) is 2. The Morgan fingerprint density at radius 2 is 2.00 bits per heavy atom. The van der Waals surface area contributed by atoms with Crippen LogP contribution in [0.4, 0.5) is 4.79 Å². The van der Waals surface area contributed by atoms with Crippen LogP contribution in [-0.2, 0) is 19.1 Å². The lowest BCUT2D eigenvalue weighted by Crippen LogP contribution is -2.56. The van der Waals surface area contributed by atoms with E-state index in [2.05, 4.69) is 31.1 Å². The van der Waals surface area contributed by atoms with Crippen LogP contribution in [0, 0.1) is 5.92 Å². The first-order valence-electron chi connectivity index (χ1n) is 14.7. The molecule has 5 rings (SSSR count). The number of rotatable bonds is 4. The van der Waals surface area contributed by atoms with Crippen molar-refractivity contribution in [3.63, 3.8) is 0 Å². The van der Waals surface area contributed by atoms with E-state index in [1.165, 1.54) is 4.90 Å². The lowest BCUT2D eigenvalue weighted by Gasteiger charge is -2.30. The Kier molecular flexibility index (Phi) is 8.47. The zero-order valence-corrected chi connectivity index (χ0v) is 24.6. The summed E-state index contributed by atoms with van der Waals surface area (Å²) in [7, 11) is 0. The first-order valence-corrected chi connectivity index (χ1v) is 14.7. The average Bonchev–Trinajstić information content (AvgIpc) is 3.27. The standard InChI is InChI=1S/C29H38N8O6/c1-28(2,3)43-27(42)31-21-13-8-6-4-5-7-11-18-16-29(18,26(40)41)32-24(38)22-15-19(17-36(22)25(21)39)37-23(33-34-35-37)20-12-9-10-14-30-20/h7,9-12,14,18-19,21-22H,4-6,8,13,15-17H2,1-3H3,(H,31,42)(H,32,38)(H,40,41)/b11-7-/t18-,19-,21+,22+,29-/m1/s1. The zero-order chi connectivity index (χ0) is 30.8. The molecule has 2 aromatic heterocycles. The number of alkyl carbamates (subject to hydrolysis) is 1. The van der Waals surface area contributed by atoms with E-state index in [1.807, 2.05) is 12.2 Å². The number of tetrazole rings is 1. The van der Waals surface area contributed by atoms with Gasteiger partial charge in [0.15, 0.2) is 0 Å². The zero-order valence-electron chi connectivity index (χ0n) is 24.6. The summed E-state index contributed by atoms with van der Waals surface area (Å²) in [6.45, 7) is 5.27. The van der Waals surface area contributed by atoms with Crippen LogP contribution in [0.3, 0.4) is 0 Å². The molecule has 0 unspecified atom stereocenters. The van der Waals surface area contributed by atoms with Gasteiger partial charge in [-0.3, -0.25) is 14.6 Å². The summed E-state index contributed by atoms with van der Waals surface area (Å²) in [5.74, 6) is -2.11. The molecule has 0 spiro atoms. The Balaban J connectivity index is 1.47. The third kappa shape index (κ3) is 6.67. The minimum Gasteiger partial charge on any atom is -0.479 e. The molecule has 4 heterocycles. The number of hydrogen-bond donors (Lipinski definition) is 3. The fraction of sp³-hybridized carbons (Fsp3) is 0.586. The molecule has 0 radical (unpaired) electrons. The number of carbonyl (C=O) groups is 4. The van der Waals surface area contributed by atoms with Gasteiger partial charge in [-0.2, -0.15) is 0 Å². The Labute approximate surface area is 249 Å². The Morgan fingerprint density at radius 1 is 1.19 bits per heavy atom. The van der Waals surface area contributed by atoms with E-state index < -0.39 is 53.1 Å². The first-order chi connectivity index (χ1) is 20.5. The number of amides is 3. The third-order valence-electron chi connectivity index (χ3n) is 8.06. The van der Waals surface area contributed by atoms with Gasteiger partial charge in [-0.25, -0.2) is 14.3 Å².